The van der Waals surface area contributed by atoms with Crippen LogP contribution in [0, 0.1) is 0 Å². The van der Waals surface area contributed by atoms with Crippen LogP contribution in [0.2, 0.25) is 0 Å². The molecule has 0 bridgehead atoms. The molecule has 34 heavy (non-hydrogen) atoms. The molecule has 184 valence electrons. The Morgan fingerprint density at radius 2 is 1.88 bits per heavy atom. The first kappa shape index (κ1) is 25.2. The molecule has 0 spiro atoms. The first-order valence-corrected chi connectivity index (χ1v) is 12.6. The fourth-order valence-corrected chi connectivity index (χ4v) is 4.29. The topological polar surface area (TPSA) is 145 Å². The Labute approximate surface area is 197 Å². The Morgan fingerprint density at radius 3 is 2.56 bits per heavy atom. The summed E-state index contributed by atoms with van der Waals surface area (Å²) in [6.07, 6.45) is 1.65. The summed E-state index contributed by atoms with van der Waals surface area (Å²) in [5.74, 6) is 0.484. The lowest BCUT2D eigenvalue weighted by atomic mass is 10.1. The Kier molecular flexibility index (Phi) is 7.92. The van der Waals surface area contributed by atoms with Gasteiger partial charge in [0.05, 0.1) is 29.4 Å². The van der Waals surface area contributed by atoms with Crippen molar-refractivity contribution in [2.24, 2.45) is 7.05 Å². The van der Waals surface area contributed by atoms with Crippen LogP contribution in [0.4, 0.5) is 4.79 Å². The monoisotopic (exact) mass is 491 g/mol. The van der Waals surface area contributed by atoms with Crippen molar-refractivity contribution >= 4 is 27.1 Å². The molecule has 0 unspecified atom stereocenters. The number of H-pyrrole nitrogens is 1. The van der Waals surface area contributed by atoms with Crippen molar-refractivity contribution in [1.29, 1.82) is 0 Å². The van der Waals surface area contributed by atoms with E-state index in [1.807, 2.05) is 18.6 Å². The SMILES string of the molecule is CCCOC(=O)NS(=O)(=O)c1ccc(OCCC)c(-c2nc3c(CCC)nn(C)c3c(=O)[nH]2)c1. The van der Waals surface area contributed by atoms with Gasteiger partial charge in [-0.05, 0) is 37.5 Å². The Balaban J connectivity index is 2.14. The van der Waals surface area contributed by atoms with Crippen LogP contribution in [0.5, 0.6) is 5.75 Å². The van der Waals surface area contributed by atoms with Crippen LogP contribution in [0.3, 0.4) is 0 Å². The number of hydrogen-bond acceptors (Lipinski definition) is 8. The molecular formula is C22H29N5O6S. The maximum absolute atomic E-state index is 12.9. The molecule has 0 atom stereocenters. The van der Waals surface area contributed by atoms with Crippen molar-refractivity contribution in [2.45, 2.75) is 51.3 Å². The predicted octanol–water partition coefficient (Wildman–Crippen LogP) is 2.89. The van der Waals surface area contributed by atoms with Gasteiger partial charge < -0.3 is 14.5 Å². The fraction of sp³-hybridized carbons (Fsp3) is 0.455. The maximum atomic E-state index is 12.9. The van der Waals surface area contributed by atoms with Crippen molar-refractivity contribution in [3.05, 3.63) is 34.2 Å². The van der Waals surface area contributed by atoms with E-state index in [0.29, 0.717) is 41.9 Å². The van der Waals surface area contributed by atoms with Gasteiger partial charge >= 0.3 is 6.09 Å². The molecule has 11 nitrogen and oxygen atoms in total. The largest absolute Gasteiger partial charge is 0.493 e. The zero-order valence-corrected chi connectivity index (χ0v) is 20.5. The molecule has 0 saturated heterocycles. The molecule has 0 aliphatic rings. The molecule has 2 N–H and O–H groups in total. The molecule has 12 heteroatoms. The van der Waals surface area contributed by atoms with Gasteiger partial charge in [0, 0.05) is 7.05 Å². The van der Waals surface area contributed by atoms with E-state index in [-0.39, 0.29) is 22.9 Å². The van der Waals surface area contributed by atoms with Crippen molar-refractivity contribution in [3.8, 4) is 17.1 Å². The summed E-state index contributed by atoms with van der Waals surface area (Å²) in [5.41, 5.74) is 1.30. The van der Waals surface area contributed by atoms with Crippen LogP contribution in [0.25, 0.3) is 22.4 Å². The standard InChI is InChI=1S/C22H29N5O6S/c1-5-8-16-18-19(27(4)25-16)21(28)24-20(23-18)15-13-14(9-10-17(15)32-11-6-2)34(30,31)26-22(29)33-12-7-3/h9-10,13H,5-8,11-12H2,1-4H3,(H,26,29)(H,23,24,28). The number of nitrogens with zero attached hydrogens (tertiary/aromatic N) is 3. The van der Waals surface area contributed by atoms with E-state index in [0.717, 1.165) is 12.8 Å². The lowest BCUT2D eigenvalue weighted by molar-refractivity contribution is 0.152. The van der Waals surface area contributed by atoms with Crippen molar-refractivity contribution < 1.29 is 22.7 Å². The summed E-state index contributed by atoms with van der Waals surface area (Å²) < 4.78 is 39.5. The number of benzene rings is 1. The molecule has 0 saturated carbocycles. The molecule has 2 heterocycles. The summed E-state index contributed by atoms with van der Waals surface area (Å²) >= 11 is 0. The van der Waals surface area contributed by atoms with Gasteiger partial charge in [-0.15, -0.1) is 0 Å². The Morgan fingerprint density at radius 1 is 1.15 bits per heavy atom. The van der Waals surface area contributed by atoms with Gasteiger partial charge in [-0.2, -0.15) is 5.10 Å². The number of rotatable bonds is 10. The highest BCUT2D eigenvalue weighted by Gasteiger charge is 2.23. The summed E-state index contributed by atoms with van der Waals surface area (Å²) in [6, 6.07) is 4.09. The minimum Gasteiger partial charge on any atom is -0.493 e. The van der Waals surface area contributed by atoms with Crippen LogP contribution in [0.1, 0.15) is 45.7 Å². The van der Waals surface area contributed by atoms with Crippen molar-refractivity contribution in [2.75, 3.05) is 13.2 Å². The quantitative estimate of drug-likeness (QED) is 0.440. The van der Waals surface area contributed by atoms with Crippen LogP contribution in [0.15, 0.2) is 27.9 Å². The average molecular weight is 492 g/mol. The number of aromatic amines is 1. The maximum Gasteiger partial charge on any atom is 0.421 e. The second-order valence-corrected chi connectivity index (χ2v) is 9.36. The van der Waals surface area contributed by atoms with E-state index < -0.39 is 21.7 Å². The third-order valence-corrected chi connectivity index (χ3v) is 6.19. The van der Waals surface area contributed by atoms with Gasteiger partial charge in [-0.25, -0.2) is 22.9 Å². The van der Waals surface area contributed by atoms with Gasteiger partial charge in [0.2, 0.25) is 0 Å². The first-order valence-electron chi connectivity index (χ1n) is 11.1. The lowest BCUT2D eigenvalue weighted by Gasteiger charge is -2.13. The number of carbonyl (C=O) groups is 1. The molecule has 0 radical (unpaired) electrons. The van der Waals surface area contributed by atoms with Gasteiger partial charge in [-0.1, -0.05) is 27.2 Å². The highest BCUT2D eigenvalue weighted by molar-refractivity contribution is 7.90. The van der Waals surface area contributed by atoms with Crippen molar-refractivity contribution in [3.63, 3.8) is 0 Å². The zero-order chi connectivity index (χ0) is 24.9. The molecular weight excluding hydrogens is 462 g/mol. The highest BCUT2D eigenvalue weighted by atomic mass is 32.2. The first-order chi connectivity index (χ1) is 16.2. The number of fused-ring (bicyclic) bond motifs is 1. The van der Waals surface area contributed by atoms with Crippen LogP contribution < -0.4 is 15.0 Å². The second kappa shape index (κ2) is 10.7. The number of aryl methyl sites for hydroxylation is 2. The van der Waals surface area contributed by atoms with E-state index in [2.05, 4.69) is 15.1 Å². The van der Waals surface area contributed by atoms with Gasteiger partial charge in [0.1, 0.15) is 17.1 Å². The summed E-state index contributed by atoms with van der Waals surface area (Å²) in [7, 11) is -2.57. The van der Waals surface area contributed by atoms with E-state index in [9.17, 15) is 18.0 Å². The molecule has 1 amide bonds. The number of carbonyl (C=O) groups excluding carboxylic acids is 1. The molecule has 1 aromatic carbocycles. The average Bonchev–Trinajstić information content (AvgIpc) is 3.11. The van der Waals surface area contributed by atoms with Crippen LogP contribution >= 0.6 is 0 Å². The predicted molar refractivity (Wildman–Crippen MR) is 126 cm³/mol. The summed E-state index contributed by atoms with van der Waals surface area (Å²) in [5, 5.41) is 4.41. The number of nitrogens with one attached hydrogen (secondary N) is 2. The van der Waals surface area contributed by atoms with Crippen molar-refractivity contribution in [1.82, 2.24) is 24.5 Å². The minimum absolute atomic E-state index is 0.0901. The van der Waals surface area contributed by atoms with E-state index in [1.54, 1.807) is 14.0 Å². The molecule has 0 aliphatic carbocycles. The van der Waals surface area contributed by atoms with E-state index in [1.165, 1.54) is 22.9 Å². The third kappa shape index (κ3) is 5.38. The lowest BCUT2D eigenvalue weighted by Crippen LogP contribution is -2.31. The van der Waals surface area contributed by atoms with Gasteiger partial charge in [-0.3, -0.25) is 9.48 Å². The second-order valence-electron chi connectivity index (χ2n) is 7.68. The fourth-order valence-electron chi connectivity index (χ4n) is 3.37. The Bertz CT molecular complexity index is 1350. The number of sulfonamides is 1. The smallest absolute Gasteiger partial charge is 0.421 e. The zero-order valence-electron chi connectivity index (χ0n) is 19.7. The third-order valence-electron chi connectivity index (χ3n) is 4.88. The summed E-state index contributed by atoms with van der Waals surface area (Å²) in [4.78, 5) is 31.8. The molecule has 0 fully saturated rings. The minimum atomic E-state index is -4.24. The van der Waals surface area contributed by atoms with Crippen LogP contribution in [-0.2, 0) is 28.2 Å². The number of hydrogen-bond donors (Lipinski definition) is 2. The highest BCUT2D eigenvalue weighted by Crippen LogP contribution is 2.31. The molecule has 3 aromatic rings. The summed E-state index contributed by atoms with van der Waals surface area (Å²) in [6.45, 7) is 6.19. The number of aromatic nitrogens is 4. The Hall–Kier alpha value is -3.41. The van der Waals surface area contributed by atoms with E-state index >= 15 is 0 Å². The number of amides is 1. The molecule has 0 aliphatic heterocycles. The normalized spacial score (nSPS) is 11.5. The van der Waals surface area contributed by atoms with E-state index in [4.69, 9.17) is 9.47 Å². The van der Waals surface area contributed by atoms with Gasteiger partial charge in [0.15, 0.2) is 5.52 Å². The van der Waals surface area contributed by atoms with Gasteiger partial charge in [0.25, 0.3) is 15.6 Å². The molecule has 3 rings (SSSR count). The number of ether oxygens (including phenoxy) is 2. The molecule has 2 aromatic heterocycles. The van der Waals surface area contributed by atoms with Crippen LogP contribution in [-0.4, -0.2) is 47.5 Å².